The monoisotopic (exact) mass is 275 g/mol. The molecule has 0 aliphatic carbocycles. The second-order valence-corrected chi connectivity index (χ2v) is 5.58. The minimum Gasteiger partial charge on any atom is -0.390 e. The Kier molecular flexibility index (Phi) is 3.09. The van der Waals surface area contributed by atoms with Crippen LogP contribution < -0.4 is 4.72 Å². The molecule has 2 aromatic rings. The van der Waals surface area contributed by atoms with Crippen molar-refractivity contribution in [3.8, 4) is 0 Å². The number of nitrogens with zero attached hydrogens (tertiary/aromatic N) is 3. The molecule has 17 heavy (non-hydrogen) atoms. The number of aliphatic hydroxyl groups is 1. The Bertz CT molecular complexity index is 603. The number of nitrogens with one attached hydrogen (secondary N) is 2. The fraction of sp³-hybridized carbons (Fsp3) is 0.286. The Balaban J connectivity index is 2.41. The molecule has 0 saturated carbocycles. The maximum absolute atomic E-state index is 12.0. The third kappa shape index (κ3) is 2.28. The standard InChI is InChI=1S/C7H9N5O3S2/c1-4-6(5(2-13)10-9-4)17(14,15)12-7-11-8-3-16-7/h3,13H,2H2,1H3,(H,9,10)(H,11,12). The molecule has 92 valence electrons. The molecular weight excluding hydrogens is 266 g/mol. The molecule has 0 amide bonds. The molecule has 0 fully saturated rings. The van der Waals surface area contributed by atoms with Crippen molar-refractivity contribution in [3.63, 3.8) is 0 Å². The molecule has 8 nitrogen and oxygen atoms in total. The summed E-state index contributed by atoms with van der Waals surface area (Å²) in [5.74, 6) is 0. The van der Waals surface area contributed by atoms with Gasteiger partial charge < -0.3 is 5.11 Å². The molecular formula is C7H9N5O3S2. The first-order valence-electron chi connectivity index (χ1n) is 4.48. The average Bonchev–Trinajstić information content (AvgIpc) is 2.86. The van der Waals surface area contributed by atoms with E-state index >= 15 is 0 Å². The lowest BCUT2D eigenvalue weighted by Gasteiger charge is -2.04. The van der Waals surface area contributed by atoms with Gasteiger partial charge in [-0.15, -0.1) is 10.2 Å². The first kappa shape index (κ1) is 12.0. The van der Waals surface area contributed by atoms with Crippen molar-refractivity contribution in [2.75, 3.05) is 4.72 Å². The zero-order chi connectivity index (χ0) is 12.5. The van der Waals surface area contributed by atoms with E-state index in [-0.39, 0.29) is 15.7 Å². The summed E-state index contributed by atoms with van der Waals surface area (Å²) in [6.07, 6.45) is 0. The zero-order valence-corrected chi connectivity index (χ0v) is 10.3. The molecule has 0 aliphatic rings. The molecule has 10 heteroatoms. The molecule has 0 radical (unpaired) electrons. The number of rotatable bonds is 4. The van der Waals surface area contributed by atoms with Crippen LogP contribution in [0.15, 0.2) is 10.4 Å². The van der Waals surface area contributed by atoms with Gasteiger partial charge in [-0.25, -0.2) is 8.42 Å². The van der Waals surface area contributed by atoms with Crippen LogP contribution in [0.3, 0.4) is 0 Å². The second-order valence-electron chi connectivity index (χ2n) is 3.13. The Morgan fingerprint density at radius 3 is 2.94 bits per heavy atom. The number of aryl methyl sites for hydroxylation is 1. The maximum atomic E-state index is 12.0. The highest BCUT2D eigenvalue weighted by molar-refractivity contribution is 7.93. The fourth-order valence-corrected chi connectivity index (χ4v) is 3.37. The van der Waals surface area contributed by atoms with E-state index < -0.39 is 16.6 Å². The van der Waals surface area contributed by atoms with Crippen LogP contribution in [0.1, 0.15) is 11.4 Å². The van der Waals surface area contributed by atoms with E-state index in [9.17, 15) is 8.42 Å². The van der Waals surface area contributed by atoms with E-state index in [1.165, 1.54) is 5.51 Å². The normalized spacial score (nSPS) is 11.6. The predicted octanol–water partition coefficient (Wildman–Crippen LogP) is -0.137. The van der Waals surface area contributed by atoms with E-state index in [0.29, 0.717) is 5.69 Å². The third-order valence-corrected chi connectivity index (χ3v) is 4.24. The van der Waals surface area contributed by atoms with Gasteiger partial charge in [-0.3, -0.25) is 9.82 Å². The molecule has 0 unspecified atom stereocenters. The molecule has 3 N–H and O–H groups in total. The lowest BCUT2D eigenvalue weighted by atomic mass is 10.4. The van der Waals surface area contributed by atoms with Crippen molar-refractivity contribution in [1.82, 2.24) is 20.4 Å². The summed E-state index contributed by atoms with van der Waals surface area (Å²) < 4.78 is 26.3. The van der Waals surface area contributed by atoms with Gasteiger partial charge in [-0.2, -0.15) is 5.10 Å². The van der Waals surface area contributed by atoms with Crippen LogP contribution in [0.5, 0.6) is 0 Å². The minimum absolute atomic E-state index is 0.0600. The Morgan fingerprint density at radius 1 is 1.59 bits per heavy atom. The third-order valence-electron chi connectivity index (χ3n) is 1.96. The summed E-state index contributed by atoms with van der Waals surface area (Å²) >= 11 is 1.06. The van der Waals surface area contributed by atoms with E-state index in [4.69, 9.17) is 5.11 Å². The van der Waals surface area contributed by atoms with Gasteiger partial charge in [0.1, 0.15) is 16.1 Å². The maximum Gasteiger partial charge on any atom is 0.267 e. The number of anilines is 1. The zero-order valence-electron chi connectivity index (χ0n) is 8.71. The lowest BCUT2D eigenvalue weighted by molar-refractivity contribution is 0.273. The second kappa shape index (κ2) is 4.39. The van der Waals surface area contributed by atoms with Crippen molar-refractivity contribution in [1.29, 1.82) is 0 Å². The number of aromatic amines is 1. The van der Waals surface area contributed by atoms with Crippen molar-refractivity contribution in [2.45, 2.75) is 18.4 Å². The number of sulfonamides is 1. The van der Waals surface area contributed by atoms with Gasteiger partial charge in [-0.05, 0) is 6.92 Å². The van der Waals surface area contributed by atoms with Gasteiger partial charge in [0.15, 0.2) is 0 Å². The van der Waals surface area contributed by atoms with Crippen LogP contribution in [0.4, 0.5) is 5.13 Å². The van der Waals surface area contributed by atoms with Crippen molar-refractivity contribution >= 4 is 26.5 Å². The van der Waals surface area contributed by atoms with Crippen LogP contribution in [-0.4, -0.2) is 33.9 Å². The van der Waals surface area contributed by atoms with Crippen LogP contribution in [0, 0.1) is 6.92 Å². The number of aliphatic hydroxyl groups excluding tert-OH is 1. The average molecular weight is 275 g/mol. The van der Waals surface area contributed by atoms with Gasteiger partial charge in [-0.1, -0.05) is 11.3 Å². The number of hydrogen-bond donors (Lipinski definition) is 3. The minimum atomic E-state index is -3.81. The largest absolute Gasteiger partial charge is 0.390 e. The van der Waals surface area contributed by atoms with Gasteiger partial charge in [0.25, 0.3) is 10.0 Å². The Morgan fingerprint density at radius 2 is 2.35 bits per heavy atom. The quantitative estimate of drug-likeness (QED) is 0.714. The molecule has 0 aliphatic heterocycles. The highest BCUT2D eigenvalue weighted by Crippen LogP contribution is 2.21. The highest BCUT2D eigenvalue weighted by atomic mass is 32.2. The number of aromatic nitrogens is 4. The first-order chi connectivity index (χ1) is 8.04. The molecule has 0 saturated heterocycles. The topological polar surface area (TPSA) is 121 Å². The van der Waals surface area contributed by atoms with Crippen molar-refractivity contribution in [2.24, 2.45) is 0 Å². The molecule has 2 heterocycles. The van der Waals surface area contributed by atoms with E-state index in [0.717, 1.165) is 11.3 Å². The van der Waals surface area contributed by atoms with E-state index in [1.54, 1.807) is 6.92 Å². The molecule has 0 atom stereocenters. The van der Waals surface area contributed by atoms with E-state index in [2.05, 4.69) is 25.1 Å². The van der Waals surface area contributed by atoms with Gasteiger partial charge in [0.2, 0.25) is 5.13 Å². The summed E-state index contributed by atoms with van der Waals surface area (Å²) in [4.78, 5) is -0.0600. The smallest absolute Gasteiger partial charge is 0.267 e. The summed E-state index contributed by atoms with van der Waals surface area (Å²) in [6.45, 7) is 1.09. The first-order valence-corrected chi connectivity index (χ1v) is 6.84. The number of H-pyrrole nitrogens is 1. The van der Waals surface area contributed by atoms with Crippen molar-refractivity contribution < 1.29 is 13.5 Å². The molecule has 0 bridgehead atoms. The van der Waals surface area contributed by atoms with Crippen molar-refractivity contribution in [3.05, 3.63) is 16.9 Å². The SMILES string of the molecule is Cc1[nH]nc(CO)c1S(=O)(=O)Nc1nncs1. The summed E-state index contributed by atoms with van der Waals surface area (Å²) in [6, 6.07) is 0. The van der Waals surface area contributed by atoms with Gasteiger partial charge >= 0.3 is 0 Å². The summed E-state index contributed by atoms with van der Waals surface area (Å²) in [5, 5.41) is 22.5. The predicted molar refractivity (Wildman–Crippen MR) is 60.0 cm³/mol. The van der Waals surface area contributed by atoms with Gasteiger partial charge in [0, 0.05) is 0 Å². The van der Waals surface area contributed by atoms with Gasteiger partial charge in [0.05, 0.1) is 12.3 Å². The molecule has 0 spiro atoms. The fourth-order valence-electron chi connectivity index (χ4n) is 1.32. The summed E-state index contributed by atoms with van der Waals surface area (Å²) in [5.41, 5.74) is 1.83. The van der Waals surface area contributed by atoms with Crippen LogP contribution >= 0.6 is 11.3 Å². The Hall–Kier alpha value is -1.52. The van der Waals surface area contributed by atoms with E-state index in [1.807, 2.05) is 0 Å². The number of hydrogen-bond acceptors (Lipinski definition) is 7. The lowest BCUT2D eigenvalue weighted by Crippen LogP contribution is -2.15. The summed E-state index contributed by atoms with van der Waals surface area (Å²) in [7, 11) is -3.81. The Labute approximate surface area is 101 Å². The molecule has 0 aromatic carbocycles. The molecule has 2 aromatic heterocycles. The van der Waals surface area contributed by atoms with Crippen LogP contribution in [0.2, 0.25) is 0 Å². The molecule has 2 rings (SSSR count). The van der Waals surface area contributed by atoms with Crippen LogP contribution in [0.25, 0.3) is 0 Å². The highest BCUT2D eigenvalue weighted by Gasteiger charge is 2.24. The van der Waals surface area contributed by atoms with Crippen LogP contribution in [-0.2, 0) is 16.6 Å².